The molecule has 0 saturated carbocycles. The van der Waals surface area contributed by atoms with E-state index in [-0.39, 0.29) is 17.3 Å². The second-order valence-corrected chi connectivity index (χ2v) is 6.77. The highest BCUT2D eigenvalue weighted by atomic mass is 35.5. The van der Waals surface area contributed by atoms with Gasteiger partial charge in [0.2, 0.25) is 0 Å². The molecule has 0 heterocycles. The lowest BCUT2D eigenvalue weighted by molar-refractivity contribution is -0.387. The van der Waals surface area contributed by atoms with E-state index in [2.05, 4.69) is 0 Å². The van der Waals surface area contributed by atoms with Gasteiger partial charge < -0.3 is 0 Å². The first kappa shape index (κ1) is 15.2. The summed E-state index contributed by atoms with van der Waals surface area (Å²) in [5.41, 5.74) is -0.510. The lowest BCUT2D eigenvalue weighted by Gasteiger charge is -2.12. The average molecular weight is 312 g/mol. The van der Waals surface area contributed by atoms with Crippen molar-refractivity contribution >= 4 is 38.7 Å². The Hall–Kier alpha value is -0.850. The van der Waals surface area contributed by atoms with E-state index in [9.17, 15) is 18.5 Å². The zero-order valence-electron chi connectivity index (χ0n) is 9.47. The summed E-state index contributed by atoms with van der Waals surface area (Å²) in [5.74, 6) is 0.151. The molecule has 0 aliphatic heterocycles. The molecule has 1 aromatic carbocycles. The van der Waals surface area contributed by atoms with Crippen LogP contribution in [0.4, 0.5) is 5.69 Å². The van der Waals surface area contributed by atoms with E-state index in [1.54, 1.807) is 0 Å². The van der Waals surface area contributed by atoms with Crippen LogP contribution in [-0.4, -0.2) is 24.5 Å². The second kappa shape index (κ2) is 5.86. The van der Waals surface area contributed by atoms with Gasteiger partial charge in [-0.3, -0.25) is 10.1 Å². The third-order valence-electron chi connectivity index (χ3n) is 2.47. The van der Waals surface area contributed by atoms with Gasteiger partial charge in [0.05, 0.1) is 15.2 Å². The predicted octanol–water partition coefficient (Wildman–Crippen LogP) is 3.04. The summed E-state index contributed by atoms with van der Waals surface area (Å²) in [5, 5.41) is 9.88. The molecule has 1 aromatic rings. The van der Waals surface area contributed by atoms with Crippen molar-refractivity contribution < 1.29 is 13.3 Å². The van der Waals surface area contributed by atoms with Crippen molar-refractivity contribution in [1.29, 1.82) is 0 Å². The third-order valence-corrected chi connectivity index (χ3v) is 5.41. The van der Waals surface area contributed by atoms with Gasteiger partial charge in [0.1, 0.15) is 0 Å². The van der Waals surface area contributed by atoms with E-state index in [0.717, 1.165) is 6.07 Å². The Morgan fingerprint density at radius 2 is 2.06 bits per heavy atom. The summed E-state index contributed by atoms with van der Waals surface area (Å²) in [6.45, 7) is 1.45. The van der Waals surface area contributed by atoms with Gasteiger partial charge in [0.25, 0.3) is 5.69 Å². The van der Waals surface area contributed by atoms with Crippen molar-refractivity contribution in [3.8, 4) is 0 Å². The number of sulfone groups is 1. The maximum absolute atomic E-state index is 12.2. The van der Waals surface area contributed by atoms with Crippen molar-refractivity contribution in [3.63, 3.8) is 0 Å². The molecule has 0 N–H and O–H groups in total. The van der Waals surface area contributed by atoms with Crippen molar-refractivity contribution in [2.75, 3.05) is 5.88 Å². The quantitative estimate of drug-likeness (QED) is 0.475. The van der Waals surface area contributed by atoms with Crippen molar-refractivity contribution in [1.82, 2.24) is 0 Å². The van der Waals surface area contributed by atoms with Gasteiger partial charge in [-0.2, -0.15) is 0 Å². The summed E-state index contributed by atoms with van der Waals surface area (Å²) < 4.78 is 24.4. The Labute approximate surface area is 115 Å². The molecule has 0 bridgehead atoms. The minimum atomic E-state index is -3.87. The molecule has 1 unspecified atom stereocenters. The van der Waals surface area contributed by atoms with Crippen LogP contribution in [0.2, 0.25) is 5.02 Å². The number of nitro groups is 1. The Balaban J connectivity index is 3.45. The molecule has 0 radical (unpaired) electrons. The molecule has 5 nitrogen and oxygen atoms in total. The van der Waals surface area contributed by atoms with E-state index < -0.39 is 30.6 Å². The molecule has 18 heavy (non-hydrogen) atoms. The minimum Gasteiger partial charge on any atom is -0.258 e. The fraction of sp³-hybridized carbons (Fsp3) is 0.400. The normalized spacial score (nSPS) is 13.3. The molecule has 8 heteroatoms. The average Bonchev–Trinajstić information content (AvgIpc) is 2.28. The molecule has 0 fully saturated rings. The van der Waals surface area contributed by atoms with Crippen LogP contribution in [-0.2, 0) is 9.84 Å². The van der Waals surface area contributed by atoms with Crippen LogP contribution in [0, 0.1) is 10.1 Å². The first-order valence-electron chi connectivity index (χ1n) is 5.05. The SMILES string of the molecule is CC(CCCl)S(=O)(=O)c1c(Cl)cccc1[N+](=O)[O-]. The zero-order valence-corrected chi connectivity index (χ0v) is 11.8. The van der Waals surface area contributed by atoms with Crippen LogP contribution in [0.3, 0.4) is 0 Å². The molecule has 0 spiro atoms. The molecule has 0 aliphatic rings. The molecule has 0 amide bonds. The second-order valence-electron chi connectivity index (χ2n) is 3.68. The van der Waals surface area contributed by atoms with Gasteiger partial charge in [-0.1, -0.05) is 17.7 Å². The molecular formula is C10H11Cl2NO4S. The van der Waals surface area contributed by atoms with Crippen molar-refractivity contribution in [3.05, 3.63) is 33.3 Å². The highest BCUT2D eigenvalue weighted by Gasteiger charge is 2.32. The van der Waals surface area contributed by atoms with Crippen LogP contribution in [0.25, 0.3) is 0 Å². The highest BCUT2D eigenvalue weighted by molar-refractivity contribution is 7.92. The Morgan fingerprint density at radius 3 is 2.56 bits per heavy atom. The summed E-state index contributed by atoms with van der Waals surface area (Å²) in [7, 11) is -3.87. The van der Waals surface area contributed by atoms with Gasteiger partial charge >= 0.3 is 0 Å². The molecule has 0 saturated heterocycles. The number of nitrogens with zero attached hydrogens (tertiary/aromatic N) is 1. The van der Waals surface area contributed by atoms with Gasteiger partial charge in [-0.15, -0.1) is 11.6 Å². The minimum absolute atomic E-state index is 0.148. The van der Waals surface area contributed by atoms with Gasteiger partial charge in [-0.05, 0) is 19.4 Å². The maximum Gasteiger partial charge on any atom is 0.289 e. The fourth-order valence-electron chi connectivity index (χ4n) is 1.43. The van der Waals surface area contributed by atoms with Gasteiger partial charge in [0.15, 0.2) is 14.7 Å². The lowest BCUT2D eigenvalue weighted by Crippen LogP contribution is -2.20. The van der Waals surface area contributed by atoms with Crippen LogP contribution >= 0.6 is 23.2 Å². The van der Waals surface area contributed by atoms with Gasteiger partial charge in [-0.25, -0.2) is 8.42 Å². The standard InChI is InChI=1S/C10H11Cl2NO4S/c1-7(5-6-11)18(16,17)10-8(12)3-2-4-9(10)13(14)15/h2-4,7H,5-6H2,1H3. The summed E-state index contributed by atoms with van der Waals surface area (Å²) in [6, 6.07) is 3.77. The topological polar surface area (TPSA) is 77.3 Å². The third kappa shape index (κ3) is 2.93. The molecule has 0 aliphatic carbocycles. The van der Waals surface area contributed by atoms with Crippen LogP contribution < -0.4 is 0 Å². The summed E-state index contributed by atoms with van der Waals surface area (Å²) >= 11 is 11.3. The molecule has 100 valence electrons. The number of rotatable bonds is 5. The monoisotopic (exact) mass is 311 g/mol. The molecular weight excluding hydrogens is 301 g/mol. The lowest BCUT2D eigenvalue weighted by atomic mass is 10.3. The number of hydrogen-bond donors (Lipinski definition) is 0. The van der Waals surface area contributed by atoms with Crippen LogP contribution in [0.5, 0.6) is 0 Å². The summed E-state index contributed by atoms with van der Waals surface area (Å²) in [6.07, 6.45) is 0.201. The fourth-order valence-corrected chi connectivity index (χ4v) is 3.99. The zero-order chi connectivity index (χ0) is 13.9. The van der Waals surface area contributed by atoms with Crippen LogP contribution in [0.1, 0.15) is 13.3 Å². The number of alkyl halides is 1. The number of hydrogen-bond acceptors (Lipinski definition) is 4. The van der Waals surface area contributed by atoms with Crippen LogP contribution in [0.15, 0.2) is 23.1 Å². The van der Waals surface area contributed by atoms with E-state index in [0.29, 0.717) is 0 Å². The van der Waals surface area contributed by atoms with Gasteiger partial charge in [0, 0.05) is 11.9 Å². The Bertz CT molecular complexity index is 559. The number of halogens is 2. The van der Waals surface area contributed by atoms with E-state index in [4.69, 9.17) is 23.2 Å². The Kier molecular flexibility index (Phi) is 4.95. The first-order valence-corrected chi connectivity index (χ1v) is 7.51. The highest BCUT2D eigenvalue weighted by Crippen LogP contribution is 2.34. The molecule has 1 rings (SSSR count). The predicted molar refractivity (Wildman–Crippen MR) is 70.1 cm³/mol. The number of nitro benzene ring substituents is 1. The number of benzene rings is 1. The Morgan fingerprint density at radius 1 is 1.44 bits per heavy atom. The van der Waals surface area contributed by atoms with E-state index >= 15 is 0 Å². The smallest absolute Gasteiger partial charge is 0.258 e. The first-order chi connectivity index (χ1) is 8.32. The maximum atomic E-state index is 12.2. The molecule has 1 atom stereocenters. The van der Waals surface area contributed by atoms with E-state index in [1.807, 2.05) is 0 Å². The van der Waals surface area contributed by atoms with Crippen molar-refractivity contribution in [2.24, 2.45) is 0 Å². The molecule has 0 aromatic heterocycles. The van der Waals surface area contributed by atoms with Crippen molar-refractivity contribution in [2.45, 2.75) is 23.5 Å². The largest absolute Gasteiger partial charge is 0.289 e. The van der Waals surface area contributed by atoms with E-state index in [1.165, 1.54) is 19.1 Å². The summed E-state index contributed by atoms with van der Waals surface area (Å²) in [4.78, 5) is 9.66.